The minimum Gasteiger partial charge on any atom is -0.352 e. The minimum atomic E-state index is -0.0281. The van der Waals surface area contributed by atoms with E-state index in [9.17, 15) is 9.59 Å². The van der Waals surface area contributed by atoms with Gasteiger partial charge in [-0.05, 0) is 44.1 Å². The fourth-order valence-electron chi connectivity index (χ4n) is 2.78. The zero-order valence-corrected chi connectivity index (χ0v) is 14.4. The minimum absolute atomic E-state index is 0. The van der Waals surface area contributed by atoms with E-state index >= 15 is 0 Å². The van der Waals surface area contributed by atoms with Crippen LogP contribution in [-0.2, 0) is 17.6 Å². The van der Waals surface area contributed by atoms with Gasteiger partial charge in [-0.15, -0.1) is 11.3 Å². The number of fused-ring (bicyclic) bond motifs is 1. The third-order valence-electron chi connectivity index (χ3n) is 3.94. The maximum atomic E-state index is 12.6. The first-order chi connectivity index (χ1) is 10.7. The fourth-order valence-corrected chi connectivity index (χ4v) is 4.08. The number of anilines is 1. The first-order valence-electron chi connectivity index (χ1n) is 8.39. The summed E-state index contributed by atoms with van der Waals surface area (Å²) in [5.74, 6) is -0.0247. The van der Waals surface area contributed by atoms with E-state index in [0.717, 1.165) is 54.7 Å². The molecule has 5 heteroatoms. The molecule has 4 nitrogen and oxygen atoms in total. The molecule has 0 aromatic carbocycles. The number of aryl methyl sites for hydroxylation is 1. The summed E-state index contributed by atoms with van der Waals surface area (Å²) >= 11 is 1.59. The lowest BCUT2D eigenvalue weighted by Crippen LogP contribution is -2.26. The van der Waals surface area contributed by atoms with Crippen molar-refractivity contribution in [1.29, 1.82) is 0 Å². The molecule has 2 amide bonds. The van der Waals surface area contributed by atoms with Crippen LogP contribution in [0.1, 0.15) is 80.6 Å². The number of carbonyl (C=O) groups excluding carboxylic acids is 2. The van der Waals surface area contributed by atoms with Crippen molar-refractivity contribution in [3.05, 3.63) is 16.0 Å². The van der Waals surface area contributed by atoms with Crippen LogP contribution in [0, 0.1) is 0 Å². The number of hydrogen-bond acceptors (Lipinski definition) is 3. The van der Waals surface area contributed by atoms with Crippen molar-refractivity contribution in [2.75, 3.05) is 11.9 Å². The molecular formula is C18H30N2O2S. The summed E-state index contributed by atoms with van der Waals surface area (Å²) in [5.41, 5.74) is 1.89. The lowest BCUT2D eigenvalue weighted by Gasteiger charge is -2.13. The van der Waals surface area contributed by atoms with Crippen molar-refractivity contribution >= 4 is 28.2 Å². The third kappa shape index (κ3) is 5.06. The summed E-state index contributed by atoms with van der Waals surface area (Å²) in [6.45, 7) is 4.79. The van der Waals surface area contributed by atoms with E-state index in [1.807, 2.05) is 6.92 Å². The highest BCUT2D eigenvalue weighted by atomic mass is 32.1. The van der Waals surface area contributed by atoms with Crippen molar-refractivity contribution in [3.63, 3.8) is 0 Å². The van der Waals surface area contributed by atoms with Crippen LogP contribution < -0.4 is 10.6 Å². The molecule has 0 radical (unpaired) electrons. The predicted molar refractivity (Wildman–Crippen MR) is 98.5 cm³/mol. The van der Waals surface area contributed by atoms with Crippen LogP contribution in [0.3, 0.4) is 0 Å². The molecule has 0 saturated heterocycles. The second-order valence-electron chi connectivity index (χ2n) is 5.82. The van der Waals surface area contributed by atoms with Crippen LogP contribution >= 0.6 is 11.3 Å². The summed E-state index contributed by atoms with van der Waals surface area (Å²) in [6.07, 6.45) is 7.63. The fraction of sp³-hybridized carbons (Fsp3) is 0.667. The second kappa shape index (κ2) is 9.71. The van der Waals surface area contributed by atoms with E-state index in [1.54, 1.807) is 11.3 Å². The molecule has 2 rings (SSSR count). The second-order valence-corrected chi connectivity index (χ2v) is 6.93. The molecule has 0 spiro atoms. The van der Waals surface area contributed by atoms with E-state index in [-0.39, 0.29) is 19.2 Å². The maximum Gasteiger partial charge on any atom is 0.254 e. The quantitative estimate of drug-likeness (QED) is 0.718. The first kappa shape index (κ1) is 19.7. The Kier molecular flexibility index (Phi) is 8.31. The number of hydrogen-bond donors (Lipinski definition) is 2. The Morgan fingerprint density at radius 3 is 2.57 bits per heavy atom. The van der Waals surface area contributed by atoms with Crippen molar-refractivity contribution in [3.8, 4) is 0 Å². The molecule has 0 fully saturated rings. The SMILES string of the molecule is C.CCCCNC(=O)c1c(NC(=O)CCC)sc2c1CCCC2. The Balaban J connectivity index is 0.00000264. The molecule has 2 N–H and O–H groups in total. The number of carbonyl (C=O) groups is 2. The molecule has 1 aromatic heterocycles. The Bertz CT molecular complexity index is 537. The van der Waals surface area contributed by atoms with Gasteiger partial charge in [0.1, 0.15) is 5.00 Å². The highest BCUT2D eigenvalue weighted by molar-refractivity contribution is 7.17. The highest BCUT2D eigenvalue weighted by Gasteiger charge is 2.25. The highest BCUT2D eigenvalue weighted by Crippen LogP contribution is 2.38. The molecule has 0 unspecified atom stereocenters. The first-order valence-corrected chi connectivity index (χ1v) is 9.21. The van der Waals surface area contributed by atoms with Crippen LogP contribution in [0.2, 0.25) is 0 Å². The van der Waals surface area contributed by atoms with Gasteiger partial charge in [-0.1, -0.05) is 27.7 Å². The van der Waals surface area contributed by atoms with Crippen LogP contribution in [0.25, 0.3) is 0 Å². The lowest BCUT2D eigenvalue weighted by molar-refractivity contribution is -0.116. The van der Waals surface area contributed by atoms with Gasteiger partial charge < -0.3 is 10.6 Å². The predicted octanol–water partition coefficient (Wildman–Crippen LogP) is 4.53. The lowest BCUT2D eigenvalue weighted by atomic mass is 9.95. The van der Waals surface area contributed by atoms with Gasteiger partial charge in [0.15, 0.2) is 0 Å². The summed E-state index contributed by atoms with van der Waals surface area (Å²) < 4.78 is 0. The van der Waals surface area contributed by atoms with Crippen LogP contribution in [0.5, 0.6) is 0 Å². The third-order valence-corrected chi connectivity index (χ3v) is 5.15. The Labute approximate surface area is 144 Å². The molecule has 0 aliphatic heterocycles. The Morgan fingerprint density at radius 2 is 1.87 bits per heavy atom. The summed E-state index contributed by atoms with van der Waals surface area (Å²) in [4.78, 5) is 25.8. The number of thiophene rings is 1. The molecule has 1 aliphatic carbocycles. The monoisotopic (exact) mass is 338 g/mol. The maximum absolute atomic E-state index is 12.6. The van der Waals surface area contributed by atoms with Gasteiger partial charge in [0.05, 0.1) is 5.56 Å². The van der Waals surface area contributed by atoms with Gasteiger partial charge in [-0.3, -0.25) is 9.59 Å². The van der Waals surface area contributed by atoms with Gasteiger partial charge in [-0.25, -0.2) is 0 Å². The van der Waals surface area contributed by atoms with E-state index in [2.05, 4.69) is 17.6 Å². The van der Waals surface area contributed by atoms with Gasteiger partial charge >= 0.3 is 0 Å². The number of unbranched alkanes of at least 4 members (excludes halogenated alkanes) is 1. The van der Waals surface area contributed by atoms with E-state index in [4.69, 9.17) is 0 Å². The largest absolute Gasteiger partial charge is 0.352 e. The molecule has 130 valence electrons. The zero-order chi connectivity index (χ0) is 15.9. The standard InChI is InChI=1S/C17H26N2O2S.CH4/c1-3-5-11-18-16(21)15-12-9-6-7-10-13(12)22-17(15)19-14(20)8-4-2;/h3-11H2,1-2H3,(H,18,21)(H,19,20);1H4. The molecule has 0 saturated carbocycles. The molecule has 1 aromatic rings. The molecule has 0 atom stereocenters. The molecule has 1 aliphatic rings. The van der Waals surface area contributed by atoms with Gasteiger partial charge in [-0.2, -0.15) is 0 Å². The molecule has 0 bridgehead atoms. The van der Waals surface area contributed by atoms with Crippen LogP contribution in [0.4, 0.5) is 5.00 Å². The molecule has 23 heavy (non-hydrogen) atoms. The zero-order valence-electron chi connectivity index (χ0n) is 13.6. The van der Waals surface area contributed by atoms with Crippen molar-refractivity contribution < 1.29 is 9.59 Å². The number of amides is 2. The van der Waals surface area contributed by atoms with Crippen molar-refractivity contribution in [2.24, 2.45) is 0 Å². The van der Waals surface area contributed by atoms with Gasteiger partial charge in [0.25, 0.3) is 5.91 Å². The summed E-state index contributed by atoms with van der Waals surface area (Å²) in [5, 5.41) is 6.71. The van der Waals surface area contributed by atoms with Gasteiger partial charge in [0.2, 0.25) is 5.91 Å². The van der Waals surface area contributed by atoms with E-state index < -0.39 is 0 Å². The average molecular weight is 339 g/mol. The van der Waals surface area contributed by atoms with Crippen LogP contribution in [0.15, 0.2) is 0 Å². The molecule has 1 heterocycles. The topological polar surface area (TPSA) is 58.2 Å². The number of nitrogens with one attached hydrogen (secondary N) is 2. The van der Waals surface area contributed by atoms with Crippen molar-refractivity contribution in [2.45, 2.75) is 72.6 Å². The Hall–Kier alpha value is -1.36. The smallest absolute Gasteiger partial charge is 0.254 e. The number of rotatable bonds is 7. The van der Waals surface area contributed by atoms with Crippen LogP contribution in [-0.4, -0.2) is 18.4 Å². The van der Waals surface area contributed by atoms with E-state index in [1.165, 1.54) is 11.3 Å². The summed E-state index contributed by atoms with van der Waals surface area (Å²) in [7, 11) is 0. The average Bonchev–Trinajstić information content (AvgIpc) is 2.85. The Morgan fingerprint density at radius 1 is 1.13 bits per heavy atom. The normalized spacial score (nSPS) is 13.0. The van der Waals surface area contributed by atoms with E-state index in [0.29, 0.717) is 13.0 Å². The van der Waals surface area contributed by atoms with Gasteiger partial charge in [0, 0.05) is 17.8 Å². The molecular weight excluding hydrogens is 308 g/mol. The van der Waals surface area contributed by atoms with Crippen molar-refractivity contribution in [1.82, 2.24) is 5.32 Å². The summed E-state index contributed by atoms with van der Waals surface area (Å²) in [6, 6.07) is 0.